The molecule has 1 atom stereocenters. The summed E-state index contributed by atoms with van der Waals surface area (Å²) < 4.78 is 9.71. The van der Waals surface area contributed by atoms with E-state index in [9.17, 15) is 9.90 Å². The molecule has 4 nitrogen and oxygen atoms in total. The molecule has 0 heterocycles. The predicted molar refractivity (Wildman–Crippen MR) is 58.7 cm³/mol. The average Bonchev–Trinajstić information content (AvgIpc) is 2.29. The zero-order valence-corrected chi connectivity index (χ0v) is 9.47. The molecule has 0 bridgehead atoms. The van der Waals surface area contributed by atoms with Crippen molar-refractivity contribution < 1.29 is 19.4 Å². The fraction of sp³-hybridized carbons (Fsp3) is 0.417. The summed E-state index contributed by atoms with van der Waals surface area (Å²) in [6.45, 7) is 1.63. The molecule has 0 amide bonds. The Morgan fingerprint density at radius 3 is 2.56 bits per heavy atom. The highest BCUT2D eigenvalue weighted by molar-refractivity contribution is 5.78. The number of benzene rings is 1. The molecule has 0 aromatic heterocycles. The Morgan fingerprint density at radius 2 is 2.00 bits per heavy atom. The van der Waals surface area contributed by atoms with E-state index in [2.05, 4.69) is 4.74 Å². The zero-order chi connectivity index (χ0) is 12.0. The van der Waals surface area contributed by atoms with E-state index in [0.717, 1.165) is 5.56 Å². The Kier molecular flexibility index (Phi) is 4.46. The summed E-state index contributed by atoms with van der Waals surface area (Å²) in [4.78, 5) is 11.1. The third-order valence-electron chi connectivity index (χ3n) is 2.12. The Labute approximate surface area is 94.8 Å². The molecule has 0 aliphatic carbocycles. The zero-order valence-electron chi connectivity index (χ0n) is 9.47. The second kappa shape index (κ2) is 5.63. The molecule has 1 aromatic carbocycles. The molecular formula is C12H16O4. The van der Waals surface area contributed by atoms with E-state index in [1.165, 1.54) is 14.0 Å². The molecule has 1 unspecified atom stereocenters. The van der Waals surface area contributed by atoms with Crippen molar-refractivity contribution in [3.63, 3.8) is 0 Å². The monoisotopic (exact) mass is 224 g/mol. The second-order valence-electron chi connectivity index (χ2n) is 3.74. The second-order valence-corrected chi connectivity index (χ2v) is 3.74. The lowest BCUT2D eigenvalue weighted by molar-refractivity contribution is -0.167. The van der Waals surface area contributed by atoms with Crippen LogP contribution in [0.5, 0.6) is 0 Å². The van der Waals surface area contributed by atoms with Gasteiger partial charge in [0.05, 0.1) is 20.3 Å². The van der Waals surface area contributed by atoms with E-state index in [1.54, 1.807) is 0 Å². The van der Waals surface area contributed by atoms with Gasteiger partial charge in [0.25, 0.3) is 0 Å². The molecule has 16 heavy (non-hydrogen) atoms. The van der Waals surface area contributed by atoms with Gasteiger partial charge in [-0.25, -0.2) is 4.79 Å². The first-order valence-electron chi connectivity index (χ1n) is 4.99. The molecular weight excluding hydrogens is 208 g/mol. The minimum absolute atomic E-state index is 0.0887. The van der Waals surface area contributed by atoms with Gasteiger partial charge in [-0.1, -0.05) is 30.3 Å². The number of carbonyl (C=O) groups is 1. The van der Waals surface area contributed by atoms with Crippen molar-refractivity contribution >= 4 is 5.97 Å². The number of ether oxygens (including phenoxy) is 2. The summed E-state index contributed by atoms with van der Waals surface area (Å²) >= 11 is 0. The van der Waals surface area contributed by atoms with Gasteiger partial charge in [0.15, 0.2) is 5.60 Å². The molecule has 1 aromatic rings. The van der Waals surface area contributed by atoms with Gasteiger partial charge in [-0.2, -0.15) is 0 Å². The van der Waals surface area contributed by atoms with Gasteiger partial charge in [-0.15, -0.1) is 0 Å². The van der Waals surface area contributed by atoms with Gasteiger partial charge in [-0.3, -0.25) is 0 Å². The molecule has 0 saturated carbocycles. The van der Waals surface area contributed by atoms with Crippen LogP contribution in [0.3, 0.4) is 0 Å². The number of aliphatic hydroxyl groups is 1. The maximum Gasteiger partial charge on any atom is 0.339 e. The van der Waals surface area contributed by atoms with Crippen LogP contribution in [0.1, 0.15) is 12.5 Å². The van der Waals surface area contributed by atoms with Gasteiger partial charge < -0.3 is 14.6 Å². The fourth-order valence-corrected chi connectivity index (χ4v) is 1.22. The number of rotatable bonds is 5. The summed E-state index contributed by atoms with van der Waals surface area (Å²) in [5.41, 5.74) is -0.605. The maximum atomic E-state index is 11.1. The first kappa shape index (κ1) is 12.7. The van der Waals surface area contributed by atoms with Crippen LogP contribution in [-0.2, 0) is 20.9 Å². The Balaban J connectivity index is 2.38. The normalized spacial score (nSPS) is 14.2. The standard InChI is InChI=1S/C12H16O4/c1-12(14,11(13)15-2)9-16-8-10-6-4-3-5-7-10/h3-7,14H,8-9H2,1-2H3. The van der Waals surface area contributed by atoms with Crippen molar-refractivity contribution in [2.24, 2.45) is 0 Å². The van der Waals surface area contributed by atoms with Crippen LogP contribution in [0.25, 0.3) is 0 Å². The van der Waals surface area contributed by atoms with Crippen LogP contribution in [0.2, 0.25) is 0 Å². The van der Waals surface area contributed by atoms with Gasteiger partial charge in [0.2, 0.25) is 0 Å². The molecule has 1 rings (SSSR count). The fourth-order valence-electron chi connectivity index (χ4n) is 1.22. The number of carbonyl (C=O) groups excluding carboxylic acids is 1. The average molecular weight is 224 g/mol. The molecule has 0 aliphatic heterocycles. The van der Waals surface area contributed by atoms with Crippen molar-refractivity contribution in [1.82, 2.24) is 0 Å². The van der Waals surface area contributed by atoms with E-state index in [4.69, 9.17) is 4.74 Å². The van der Waals surface area contributed by atoms with Gasteiger partial charge in [-0.05, 0) is 12.5 Å². The summed E-state index contributed by atoms with van der Waals surface area (Å²) in [7, 11) is 1.23. The van der Waals surface area contributed by atoms with Gasteiger partial charge in [0, 0.05) is 0 Å². The van der Waals surface area contributed by atoms with Crippen molar-refractivity contribution in [2.45, 2.75) is 19.1 Å². The van der Waals surface area contributed by atoms with Crippen LogP contribution in [-0.4, -0.2) is 30.4 Å². The highest BCUT2D eigenvalue weighted by atomic mass is 16.6. The van der Waals surface area contributed by atoms with Crippen LogP contribution >= 0.6 is 0 Å². The third kappa shape index (κ3) is 3.64. The van der Waals surface area contributed by atoms with Crippen molar-refractivity contribution in [3.8, 4) is 0 Å². The van der Waals surface area contributed by atoms with Crippen molar-refractivity contribution in [3.05, 3.63) is 35.9 Å². The topological polar surface area (TPSA) is 55.8 Å². The molecule has 0 fully saturated rings. The molecule has 88 valence electrons. The Morgan fingerprint density at radius 1 is 1.38 bits per heavy atom. The van der Waals surface area contributed by atoms with E-state index >= 15 is 0 Å². The number of hydrogen-bond acceptors (Lipinski definition) is 4. The van der Waals surface area contributed by atoms with Crippen LogP contribution in [0.15, 0.2) is 30.3 Å². The number of methoxy groups -OCH3 is 1. The van der Waals surface area contributed by atoms with E-state index in [1.807, 2.05) is 30.3 Å². The molecule has 0 saturated heterocycles. The largest absolute Gasteiger partial charge is 0.467 e. The Hall–Kier alpha value is -1.39. The predicted octanol–water partition coefficient (Wildman–Crippen LogP) is 1.13. The summed E-state index contributed by atoms with van der Waals surface area (Å²) in [6, 6.07) is 9.53. The quantitative estimate of drug-likeness (QED) is 0.762. The third-order valence-corrected chi connectivity index (χ3v) is 2.12. The molecule has 0 aliphatic rings. The molecule has 0 spiro atoms. The van der Waals surface area contributed by atoms with Crippen LogP contribution in [0.4, 0.5) is 0 Å². The van der Waals surface area contributed by atoms with E-state index in [-0.39, 0.29) is 6.61 Å². The summed E-state index contributed by atoms with van der Waals surface area (Å²) in [5.74, 6) is -0.694. The molecule has 1 N–H and O–H groups in total. The van der Waals surface area contributed by atoms with Gasteiger partial charge >= 0.3 is 5.97 Å². The van der Waals surface area contributed by atoms with Crippen LogP contribution in [0, 0.1) is 0 Å². The van der Waals surface area contributed by atoms with Crippen molar-refractivity contribution in [1.29, 1.82) is 0 Å². The molecule has 0 radical (unpaired) electrons. The van der Waals surface area contributed by atoms with Gasteiger partial charge in [0.1, 0.15) is 0 Å². The number of hydrogen-bond donors (Lipinski definition) is 1. The Bertz CT molecular complexity index is 332. The maximum absolute atomic E-state index is 11.1. The first-order valence-corrected chi connectivity index (χ1v) is 4.99. The summed E-state index contributed by atoms with van der Waals surface area (Å²) in [6.07, 6.45) is 0. The first-order chi connectivity index (χ1) is 7.56. The minimum Gasteiger partial charge on any atom is -0.467 e. The number of esters is 1. The summed E-state index contributed by atoms with van der Waals surface area (Å²) in [5, 5.41) is 9.66. The lowest BCUT2D eigenvalue weighted by Gasteiger charge is -2.19. The minimum atomic E-state index is -1.59. The smallest absolute Gasteiger partial charge is 0.339 e. The lowest BCUT2D eigenvalue weighted by Crippen LogP contribution is -2.40. The van der Waals surface area contributed by atoms with Crippen molar-refractivity contribution in [2.75, 3.05) is 13.7 Å². The van der Waals surface area contributed by atoms with Crippen LogP contribution < -0.4 is 0 Å². The lowest BCUT2D eigenvalue weighted by atomic mass is 10.1. The molecule has 4 heteroatoms. The SMILES string of the molecule is COC(=O)C(C)(O)COCc1ccccc1. The highest BCUT2D eigenvalue weighted by Gasteiger charge is 2.31. The highest BCUT2D eigenvalue weighted by Crippen LogP contribution is 2.08. The van der Waals surface area contributed by atoms with E-state index in [0.29, 0.717) is 6.61 Å². The van der Waals surface area contributed by atoms with E-state index < -0.39 is 11.6 Å².